The predicted octanol–water partition coefficient (Wildman–Crippen LogP) is 3.91. The maximum absolute atomic E-state index is 5.85. The summed E-state index contributed by atoms with van der Waals surface area (Å²) in [6, 6.07) is 5.63. The van der Waals surface area contributed by atoms with Gasteiger partial charge in [-0.2, -0.15) is 0 Å². The highest BCUT2D eigenvalue weighted by molar-refractivity contribution is 14.1. The van der Waals surface area contributed by atoms with Gasteiger partial charge in [0.15, 0.2) is 0 Å². The van der Waals surface area contributed by atoms with Gasteiger partial charge in [0.1, 0.15) is 5.76 Å². The van der Waals surface area contributed by atoms with Crippen molar-refractivity contribution in [1.82, 2.24) is 4.98 Å². The Morgan fingerprint density at radius 2 is 2.21 bits per heavy atom. The summed E-state index contributed by atoms with van der Waals surface area (Å²) in [5.41, 5.74) is 0.975. The number of aromatic nitrogens is 1. The monoisotopic (exact) mass is 319 g/mol. The maximum Gasteiger partial charge on any atom is 0.227 e. The van der Waals surface area contributed by atoms with Crippen LogP contribution in [0.4, 0.5) is 0 Å². The quantitative estimate of drug-likeness (QED) is 0.745. The minimum absolute atomic E-state index is 0.642. The SMILES string of the molecule is Cc1cnc(-c2ccc(Cl)cc2I)o1. The van der Waals surface area contributed by atoms with Gasteiger partial charge in [-0.25, -0.2) is 4.98 Å². The molecule has 2 nitrogen and oxygen atoms in total. The standard InChI is InChI=1S/C10H7ClINO/c1-6-5-13-10(14-6)8-3-2-7(11)4-9(8)12/h2-5H,1H3. The molecule has 1 aromatic heterocycles. The van der Waals surface area contributed by atoms with Crippen molar-refractivity contribution in [3.05, 3.63) is 38.7 Å². The van der Waals surface area contributed by atoms with E-state index in [9.17, 15) is 0 Å². The van der Waals surface area contributed by atoms with Gasteiger partial charge in [-0.05, 0) is 47.7 Å². The Kier molecular flexibility index (Phi) is 2.78. The Morgan fingerprint density at radius 3 is 2.79 bits per heavy atom. The summed E-state index contributed by atoms with van der Waals surface area (Å²) in [7, 11) is 0. The molecular formula is C10H7ClINO. The van der Waals surface area contributed by atoms with E-state index in [2.05, 4.69) is 27.6 Å². The van der Waals surface area contributed by atoms with Crippen LogP contribution in [0.3, 0.4) is 0 Å². The topological polar surface area (TPSA) is 26.0 Å². The van der Waals surface area contributed by atoms with E-state index >= 15 is 0 Å². The summed E-state index contributed by atoms with van der Waals surface area (Å²) < 4.78 is 6.47. The van der Waals surface area contributed by atoms with Gasteiger partial charge in [-0.3, -0.25) is 0 Å². The fourth-order valence-electron chi connectivity index (χ4n) is 1.14. The molecule has 0 bridgehead atoms. The molecule has 0 aliphatic heterocycles. The zero-order valence-electron chi connectivity index (χ0n) is 7.42. The summed E-state index contributed by atoms with van der Waals surface area (Å²) in [6.45, 7) is 1.87. The second kappa shape index (κ2) is 3.90. The molecule has 0 unspecified atom stereocenters. The average Bonchev–Trinajstić information content (AvgIpc) is 2.51. The molecule has 0 fully saturated rings. The first-order chi connectivity index (χ1) is 6.66. The molecular weight excluding hydrogens is 312 g/mol. The van der Waals surface area contributed by atoms with E-state index in [1.165, 1.54) is 0 Å². The molecule has 0 aliphatic rings. The van der Waals surface area contributed by atoms with Crippen molar-refractivity contribution in [3.63, 3.8) is 0 Å². The van der Waals surface area contributed by atoms with Crippen LogP contribution in [0.15, 0.2) is 28.8 Å². The summed E-state index contributed by atoms with van der Waals surface area (Å²) in [4.78, 5) is 4.16. The molecule has 1 heterocycles. The first-order valence-corrected chi connectivity index (χ1v) is 5.50. The molecule has 4 heteroatoms. The van der Waals surface area contributed by atoms with Crippen molar-refractivity contribution >= 4 is 34.2 Å². The third kappa shape index (κ3) is 1.93. The number of halogens is 2. The molecule has 2 aromatic rings. The molecule has 0 spiro atoms. The van der Waals surface area contributed by atoms with E-state index in [0.29, 0.717) is 5.89 Å². The molecule has 0 saturated heterocycles. The molecule has 2 rings (SSSR count). The van der Waals surface area contributed by atoms with Crippen molar-refractivity contribution in [2.24, 2.45) is 0 Å². The molecule has 0 atom stereocenters. The lowest BCUT2D eigenvalue weighted by molar-refractivity contribution is 0.542. The second-order valence-electron chi connectivity index (χ2n) is 2.90. The Hall–Kier alpha value is -0.550. The van der Waals surface area contributed by atoms with E-state index in [0.717, 1.165) is 19.9 Å². The number of aryl methyl sites for hydroxylation is 1. The minimum atomic E-state index is 0.642. The lowest BCUT2D eigenvalue weighted by atomic mass is 10.2. The molecule has 14 heavy (non-hydrogen) atoms. The van der Waals surface area contributed by atoms with Gasteiger partial charge in [0.25, 0.3) is 0 Å². The van der Waals surface area contributed by atoms with Crippen LogP contribution in [-0.4, -0.2) is 4.98 Å². The highest BCUT2D eigenvalue weighted by Gasteiger charge is 2.08. The Labute approximate surface area is 100 Å². The van der Waals surface area contributed by atoms with Crippen LogP contribution in [0, 0.1) is 10.5 Å². The Bertz CT molecular complexity index is 467. The van der Waals surface area contributed by atoms with Crippen molar-refractivity contribution in [2.75, 3.05) is 0 Å². The fourth-order valence-corrected chi connectivity index (χ4v) is 2.24. The van der Waals surface area contributed by atoms with Gasteiger partial charge >= 0.3 is 0 Å². The lowest BCUT2D eigenvalue weighted by Crippen LogP contribution is -1.81. The smallest absolute Gasteiger partial charge is 0.227 e. The van der Waals surface area contributed by atoms with Crippen LogP contribution in [-0.2, 0) is 0 Å². The zero-order valence-corrected chi connectivity index (χ0v) is 10.3. The largest absolute Gasteiger partial charge is 0.441 e. The third-order valence-corrected chi connectivity index (χ3v) is 2.91. The Morgan fingerprint density at radius 1 is 1.43 bits per heavy atom. The summed E-state index contributed by atoms with van der Waals surface area (Å²) >= 11 is 8.07. The highest BCUT2D eigenvalue weighted by atomic mass is 127. The molecule has 0 N–H and O–H groups in total. The van der Waals surface area contributed by atoms with E-state index in [-0.39, 0.29) is 0 Å². The van der Waals surface area contributed by atoms with E-state index in [4.69, 9.17) is 16.0 Å². The van der Waals surface area contributed by atoms with Crippen LogP contribution < -0.4 is 0 Å². The van der Waals surface area contributed by atoms with Gasteiger partial charge in [0.05, 0.1) is 11.8 Å². The normalized spacial score (nSPS) is 10.5. The lowest BCUT2D eigenvalue weighted by Gasteiger charge is -1.99. The molecule has 0 amide bonds. The number of benzene rings is 1. The molecule has 0 radical (unpaired) electrons. The van der Waals surface area contributed by atoms with Crippen LogP contribution in [0.5, 0.6) is 0 Å². The van der Waals surface area contributed by atoms with E-state index < -0.39 is 0 Å². The van der Waals surface area contributed by atoms with Gasteiger partial charge in [-0.1, -0.05) is 11.6 Å². The van der Waals surface area contributed by atoms with Crippen LogP contribution in [0.25, 0.3) is 11.5 Å². The predicted molar refractivity (Wildman–Crippen MR) is 64.4 cm³/mol. The van der Waals surface area contributed by atoms with Gasteiger partial charge in [0, 0.05) is 8.59 Å². The number of hydrogen-bond donors (Lipinski definition) is 0. The second-order valence-corrected chi connectivity index (χ2v) is 4.50. The van der Waals surface area contributed by atoms with Crippen LogP contribution in [0.1, 0.15) is 5.76 Å². The first-order valence-electron chi connectivity index (χ1n) is 4.04. The fraction of sp³-hybridized carbons (Fsp3) is 0.100. The molecule has 72 valence electrons. The van der Waals surface area contributed by atoms with Crippen LogP contribution >= 0.6 is 34.2 Å². The van der Waals surface area contributed by atoms with Gasteiger partial charge in [-0.15, -0.1) is 0 Å². The highest BCUT2D eigenvalue weighted by Crippen LogP contribution is 2.27. The van der Waals surface area contributed by atoms with Crippen molar-refractivity contribution in [3.8, 4) is 11.5 Å². The molecule has 1 aromatic carbocycles. The summed E-state index contributed by atoms with van der Waals surface area (Å²) in [5.74, 6) is 1.45. The number of hydrogen-bond acceptors (Lipinski definition) is 2. The summed E-state index contributed by atoms with van der Waals surface area (Å²) in [5, 5.41) is 0.724. The van der Waals surface area contributed by atoms with Crippen LogP contribution in [0.2, 0.25) is 5.02 Å². The zero-order chi connectivity index (χ0) is 10.1. The molecule has 0 aliphatic carbocycles. The van der Waals surface area contributed by atoms with Gasteiger partial charge < -0.3 is 4.42 Å². The van der Waals surface area contributed by atoms with Crippen molar-refractivity contribution in [2.45, 2.75) is 6.92 Å². The van der Waals surface area contributed by atoms with Crippen molar-refractivity contribution in [1.29, 1.82) is 0 Å². The average molecular weight is 320 g/mol. The number of oxazole rings is 1. The molecule has 0 saturated carbocycles. The van der Waals surface area contributed by atoms with Gasteiger partial charge in [0.2, 0.25) is 5.89 Å². The first kappa shape index (κ1) is 9.98. The third-order valence-electron chi connectivity index (χ3n) is 1.78. The van der Waals surface area contributed by atoms with E-state index in [1.807, 2.05) is 25.1 Å². The Balaban J connectivity index is 2.52. The maximum atomic E-state index is 5.85. The number of nitrogens with zero attached hydrogens (tertiary/aromatic N) is 1. The van der Waals surface area contributed by atoms with Crippen molar-refractivity contribution < 1.29 is 4.42 Å². The minimum Gasteiger partial charge on any atom is -0.441 e. The van der Waals surface area contributed by atoms with E-state index in [1.54, 1.807) is 6.20 Å². The number of rotatable bonds is 1. The summed E-state index contributed by atoms with van der Waals surface area (Å²) in [6.07, 6.45) is 1.71.